The van der Waals surface area contributed by atoms with Crippen molar-refractivity contribution in [1.82, 2.24) is 10.2 Å². The minimum atomic E-state index is -0.0402. The number of piperazine rings is 1. The summed E-state index contributed by atoms with van der Waals surface area (Å²) in [6, 6.07) is 0.0193. The van der Waals surface area contributed by atoms with Crippen LogP contribution in [0.1, 0.15) is 19.3 Å². The summed E-state index contributed by atoms with van der Waals surface area (Å²) < 4.78 is 4.92. The van der Waals surface area contributed by atoms with Crippen molar-refractivity contribution in [2.24, 2.45) is 5.92 Å². The number of esters is 1. The van der Waals surface area contributed by atoms with E-state index in [4.69, 9.17) is 4.74 Å². The van der Waals surface area contributed by atoms with Gasteiger partial charge in [0, 0.05) is 26.2 Å². The third-order valence-corrected chi connectivity index (χ3v) is 3.58. The van der Waals surface area contributed by atoms with Gasteiger partial charge in [0.25, 0.3) is 0 Å². The van der Waals surface area contributed by atoms with E-state index in [1.807, 2.05) is 0 Å². The second-order valence-corrected chi connectivity index (χ2v) is 4.44. The molecule has 1 unspecified atom stereocenters. The molecule has 4 nitrogen and oxygen atoms in total. The maximum Gasteiger partial charge on any atom is 0.323 e. The average Bonchev–Trinajstić information content (AvgIpc) is 2.23. The highest BCUT2D eigenvalue weighted by Crippen LogP contribution is 2.32. The molecule has 4 heteroatoms. The first-order valence-corrected chi connectivity index (χ1v) is 5.85. The lowest BCUT2D eigenvalue weighted by molar-refractivity contribution is -0.151. The van der Waals surface area contributed by atoms with E-state index in [-0.39, 0.29) is 12.0 Å². The first kappa shape index (κ1) is 10.9. The summed E-state index contributed by atoms with van der Waals surface area (Å²) in [7, 11) is 1.50. The van der Waals surface area contributed by atoms with E-state index in [1.165, 1.54) is 26.4 Å². The zero-order valence-corrected chi connectivity index (χ0v) is 9.37. The van der Waals surface area contributed by atoms with E-state index in [0.717, 1.165) is 26.2 Å². The Kier molecular flexibility index (Phi) is 3.59. The molecule has 1 saturated carbocycles. The summed E-state index contributed by atoms with van der Waals surface area (Å²) in [6.07, 6.45) is 3.64. The van der Waals surface area contributed by atoms with Crippen LogP contribution >= 0.6 is 0 Å². The Bertz CT molecular complexity index is 223. The minimum absolute atomic E-state index is 0.0193. The van der Waals surface area contributed by atoms with Gasteiger partial charge in [-0.3, -0.25) is 9.69 Å². The number of nitrogens with zero attached hydrogens (tertiary/aromatic N) is 1. The molecule has 1 aliphatic carbocycles. The van der Waals surface area contributed by atoms with E-state index in [2.05, 4.69) is 10.2 Å². The van der Waals surface area contributed by atoms with Gasteiger partial charge in [0.15, 0.2) is 0 Å². The average molecular weight is 212 g/mol. The molecule has 2 rings (SSSR count). The molecule has 0 aromatic carbocycles. The van der Waals surface area contributed by atoms with E-state index in [0.29, 0.717) is 5.92 Å². The van der Waals surface area contributed by atoms with Crippen molar-refractivity contribution < 1.29 is 9.53 Å². The second kappa shape index (κ2) is 4.94. The summed E-state index contributed by atoms with van der Waals surface area (Å²) in [6.45, 7) is 3.91. The molecule has 2 aliphatic rings. The van der Waals surface area contributed by atoms with Crippen molar-refractivity contribution in [2.45, 2.75) is 25.3 Å². The van der Waals surface area contributed by atoms with Gasteiger partial charge < -0.3 is 10.1 Å². The highest BCUT2D eigenvalue weighted by atomic mass is 16.5. The topological polar surface area (TPSA) is 41.6 Å². The molecule has 0 bridgehead atoms. The van der Waals surface area contributed by atoms with E-state index >= 15 is 0 Å². The first-order chi connectivity index (χ1) is 7.33. The van der Waals surface area contributed by atoms with Crippen LogP contribution in [0.2, 0.25) is 0 Å². The van der Waals surface area contributed by atoms with Crippen LogP contribution in [0.4, 0.5) is 0 Å². The van der Waals surface area contributed by atoms with Crippen molar-refractivity contribution in [1.29, 1.82) is 0 Å². The molecule has 1 heterocycles. The third kappa shape index (κ3) is 2.32. The van der Waals surface area contributed by atoms with Gasteiger partial charge in [-0.15, -0.1) is 0 Å². The molecule has 0 aromatic heterocycles. The molecular formula is C11H20N2O2. The van der Waals surface area contributed by atoms with Crippen LogP contribution in [0.25, 0.3) is 0 Å². The summed E-state index contributed by atoms with van der Waals surface area (Å²) in [4.78, 5) is 14.0. The number of hydrogen-bond acceptors (Lipinski definition) is 4. The van der Waals surface area contributed by atoms with Crippen molar-refractivity contribution in [3.8, 4) is 0 Å². The highest BCUT2D eigenvalue weighted by Gasteiger charge is 2.37. The number of carbonyl (C=O) groups is 1. The lowest BCUT2D eigenvalue weighted by atomic mass is 9.79. The van der Waals surface area contributed by atoms with E-state index in [9.17, 15) is 4.79 Å². The number of hydrogen-bond donors (Lipinski definition) is 1. The second-order valence-electron chi connectivity index (χ2n) is 4.44. The highest BCUT2D eigenvalue weighted by molar-refractivity contribution is 5.76. The summed E-state index contributed by atoms with van der Waals surface area (Å²) in [5.74, 6) is 0.497. The Balaban J connectivity index is 1.99. The fraction of sp³-hybridized carbons (Fsp3) is 0.909. The van der Waals surface area contributed by atoms with Crippen LogP contribution in [-0.4, -0.2) is 50.2 Å². The number of rotatable bonds is 3. The largest absolute Gasteiger partial charge is 0.468 e. The SMILES string of the molecule is COC(=O)C(C1CCC1)N1CCNCC1. The zero-order valence-electron chi connectivity index (χ0n) is 9.37. The van der Waals surface area contributed by atoms with Gasteiger partial charge in [0.05, 0.1) is 7.11 Å². The van der Waals surface area contributed by atoms with Gasteiger partial charge in [-0.1, -0.05) is 6.42 Å². The Labute approximate surface area is 91.0 Å². The molecule has 1 aliphatic heterocycles. The summed E-state index contributed by atoms with van der Waals surface area (Å²) >= 11 is 0. The lowest BCUT2D eigenvalue weighted by Gasteiger charge is -2.40. The Morgan fingerprint density at radius 2 is 2.07 bits per heavy atom. The van der Waals surface area contributed by atoms with Gasteiger partial charge in [0.2, 0.25) is 0 Å². The molecule has 1 N–H and O–H groups in total. The summed E-state index contributed by atoms with van der Waals surface area (Å²) in [5, 5.41) is 3.31. The predicted molar refractivity (Wildman–Crippen MR) is 57.6 cm³/mol. The molecule has 0 radical (unpaired) electrons. The van der Waals surface area contributed by atoms with Crippen molar-refractivity contribution >= 4 is 5.97 Å². The van der Waals surface area contributed by atoms with Crippen LogP contribution in [0.5, 0.6) is 0 Å². The normalized spacial score (nSPS) is 25.7. The first-order valence-electron chi connectivity index (χ1n) is 5.85. The predicted octanol–water partition coefficient (Wildman–Crippen LogP) is 0.233. The molecule has 2 fully saturated rings. The number of ether oxygens (including phenoxy) is 1. The van der Waals surface area contributed by atoms with Crippen LogP contribution in [0.15, 0.2) is 0 Å². The van der Waals surface area contributed by atoms with Crippen molar-refractivity contribution in [3.05, 3.63) is 0 Å². The Hall–Kier alpha value is -0.610. The quantitative estimate of drug-likeness (QED) is 0.680. The number of nitrogens with one attached hydrogen (secondary N) is 1. The van der Waals surface area contributed by atoms with Crippen LogP contribution < -0.4 is 5.32 Å². The fourth-order valence-electron chi connectivity index (χ4n) is 2.48. The van der Waals surface area contributed by atoms with Gasteiger partial charge >= 0.3 is 5.97 Å². The third-order valence-electron chi connectivity index (χ3n) is 3.58. The van der Waals surface area contributed by atoms with Gasteiger partial charge in [-0.25, -0.2) is 0 Å². The van der Waals surface area contributed by atoms with Gasteiger partial charge in [-0.05, 0) is 18.8 Å². The van der Waals surface area contributed by atoms with Gasteiger partial charge in [-0.2, -0.15) is 0 Å². The molecular weight excluding hydrogens is 192 g/mol. The fourth-order valence-corrected chi connectivity index (χ4v) is 2.48. The molecule has 1 saturated heterocycles. The molecule has 0 spiro atoms. The van der Waals surface area contributed by atoms with Gasteiger partial charge in [0.1, 0.15) is 6.04 Å². The standard InChI is InChI=1S/C11H20N2O2/c1-15-11(14)10(9-3-2-4-9)13-7-5-12-6-8-13/h9-10,12H,2-8H2,1H3. The maximum atomic E-state index is 11.8. The Morgan fingerprint density at radius 3 is 2.53 bits per heavy atom. The van der Waals surface area contributed by atoms with E-state index in [1.54, 1.807) is 0 Å². The van der Waals surface area contributed by atoms with Crippen molar-refractivity contribution in [2.75, 3.05) is 33.3 Å². The van der Waals surface area contributed by atoms with Crippen LogP contribution in [0.3, 0.4) is 0 Å². The zero-order chi connectivity index (χ0) is 10.7. The van der Waals surface area contributed by atoms with E-state index < -0.39 is 0 Å². The van der Waals surface area contributed by atoms with Crippen LogP contribution in [-0.2, 0) is 9.53 Å². The Morgan fingerprint density at radius 1 is 1.40 bits per heavy atom. The number of methoxy groups -OCH3 is 1. The molecule has 0 aromatic rings. The minimum Gasteiger partial charge on any atom is -0.468 e. The smallest absolute Gasteiger partial charge is 0.323 e. The molecule has 1 atom stereocenters. The maximum absolute atomic E-state index is 11.8. The molecule has 86 valence electrons. The lowest BCUT2D eigenvalue weighted by Crippen LogP contribution is -2.55. The van der Waals surface area contributed by atoms with Crippen molar-refractivity contribution in [3.63, 3.8) is 0 Å². The monoisotopic (exact) mass is 212 g/mol. The molecule has 0 amide bonds. The molecule has 15 heavy (non-hydrogen) atoms. The number of carbonyl (C=O) groups excluding carboxylic acids is 1. The summed E-state index contributed by atoms with van der Waals surface area (Å²) in [5.41, 5.74) is 0. The van der Waals surface area contributed by atoms with Crippen LogP contribution in [0, 0.1) is 5.92 Å².